The second-order valence-corrected chi connectivity index (χ2v) is 11.8. The molecule has 15 heteroatoms. The number of primary amides is 1. The van der Waals surface area contributed by atoms with Gasteiger partial charge in [-0.2, -0.15) is 4.90 Å². The number of carbonyl (C=O) groups is 5. The topological polar surface area (TPSA) is 147 Å². The van der Waals surface area contributed by atoms with Crippen molar-refractivity contribution in [2.75, 3.05) is 4.90 Å². The molecule has 2 aromatic carbocycles. The summed E-state index contributed by atoms with van der Waals surface area (Å²) < 4.78 is 57.5. The lowest BCUT2D eigenvalue weighted by Gasteiger charge is -2.49. The molecule has 0 aromatic heterocycles. The van der Waals surface area contributed by atoms with Gasteiger partial charge >= 0.3 is 12.4 Å². The van der Waals surface area contributed by atoms with Crippen LogP contribution in [0.3, 0.4) is 0 Å². The summed E-state index contributed by atoms with van der Waals surface area (Å²) in [5.41, 5.74) is 3.60. The summed E-state index contributed by atoms with van der Waals surface area (Å²) in [5.74, 6) is -11.0. The SMILES string of the molecule is CC12C(=O)N(c3ccc(F)c(Cl)c3)C(=O)C1CC1C(=CCC3C(=O)N(C(N)=O)C(=O)C31)C2c1cc(OC(F)(F)F)ccc1O. The molecule has 44 heavy (non-hydrogen) atoms. The number of nitrogens with two attached hydrogens (primary N) is 1. The average Bonchev–Trinajstić information content (AvgIpc) is 3.30. The third-order valence-electron chi connectivity index (χ3n) is 9.20. The van der Waals surface area contributed by atoms with Crippen molar-refractivity contribution in [1.29, 1.82) is 0 Å². The molecule has 10 nitrogen and oxygen atoms in total. The highest BCUT2D eigenvalue weighted by molar-refractivity contribution is 6.31. The van der Waals surface area contributed by atoms with Gasteiger partial charge in [-0.3, -0.25) is 19.2 Å². The maximum atomic E-state index is 14.3. The van der Waals surface area contributed by atoms with Gasteiger partial charge in [0, 0.05) is 11.5 Å². The number of rotatable bonds is 3. The summed E-state index contributed by atoms with van der Waals surface area (Å²) in [7, 11) is 0. The number of benzene rings is 2. The molecule has 230 valence electrons. The van der Waals surface area contributed by atoms with E-state index in [4.69, 9.17) is 17.3 Å². The van der Waals surface area contributed by atoms with Gasteiger partial charge in [-0.1, -0.05) is 23.3 Å². The summed E-state index contributed by atoms with van der Waals surface area (Å²) in [4.78, 5) is 67.9. The van der Waals surface area contributed by atoms with E-state index in [0.717, 1.165) is 41.3 Å². The monoisotopic (exact) mass is 635 g/mol. The summed E-state index contributed by atoms with van der Waals surface area (Å²) in [6, 6.07) is 4.63. The first kappa shape index (κ1) is 29.6. The highest BCUT2D eigenvalue weighted by Crippen LogP contribution is 2.64. The number of hydrogen-bond donors (Lipinski definition) is 2. The van der Waals surface area contributed by atoms with Crippen molar-refractivity contribution in [3.63, 3.8) is 0 Å². The number of aromatic hydroxyl groups is 1. The molecule has 2 heterocycles. The normalized spacial score (nSPS) is 29.8. The van der Waals surface area contributed by atoms with Crippen LogP contribution in [0.2, 0.25) is 5.02 Å². The third kappa shape index (κ3) is 4.18. The number of alkyl halides is 3. The van der Waals surface area contributed by atoms with E-state index >= 15 is 0 Å². The number of allylic oxidation sites excluding steroid dienone is 2. The van der Waals surface area contributed by atoms with Gasteiger partial charge in [0.2, 0.25) is 23.6 Å². The molecular weight excluding hydrogens is 614 g/mol. The Hall–Kier alpha value is -4.46. The molecule has 4 aliphatic rings. The summed E-state index contributed by atoms with van der Waals surface area (Å²) in [6.45, 7) is 1.42. The predicted molar refractivity (Wildman–Crippen MR) is 142 cm³/mol. The Morgan fingerprint density at radius 1 is 1.07 bits per heavy atom. The smallest absolute Gasteiger partial charge is 0.508 e. The Morgan fingerprint density at radius 3 is 2.41 bits per heavy atom. The van der Waals surface area contributed by atoms with Crippen molar-refractivity contribution in [3.8, 4) is 11.5 Å². The zero-order valence-electron chi connectivity index (χ0n) is 22.6. The molecule has 6 unspecified atom stereocenters. The van der Waals surface area contributed by atoms with Gasteiger partial charge in [0.15, 0.2) is 0 Å². The van der Waals surface area contributed by atoms with Crippen LogP contribution in [-0.4, -0.2) is 46.0 Å². The zero-order valence-corrected chi connectivity index (χ0v) is 23.4. The van der Waals surface area contributed by atoms with Crippen LogP contribution in [0.4, 0.5) is 28.0 Å². The molecule has 1 saturated carbocycles. The number of carbonyl (C=O) groups excluding carboxylic acids is 5. The van der Waals surface area contributed by atoms with E-state index < -0.39 is 88.3 Å². The van der Waals surface area contributed by atoms with Gasteiger partial charge in [-0.25, -0.2) is 14.1 Å². The largest absolute Gasteiger partial charge is 0.573 e. The number of amides is 6. The number of nitrogens with zero attached hydrogens (tertiary/aromatic N) is 2. The molecule has 3 fully saturated rings. The van der Waals surface area contributed by atoms with E-state index in [1.54, 1.807) is 6.08 Å². The molecule has 0 bridgehead atoms. The number of halogens is 5. The Bertz CT molecular complexity index is 1710. The van der Waals surface area contributed by atoms with Crippen LogP contribution >= 0.6 is 11.6 Å². The summed E-state index contributed by atoms with van der Waals surface area (Å²) in [5, 5.41) is 10.6. The highest BCUT2D eigenvalue weighted by atomic mass is 35.5. The molecule has 6 rings (SSSR count). The van der Waals surface area contributed by atoms with Crippen LogP contribution in [0.25, 0.3) is 0 Å². The van der Waals surface area contributed by atoms with Gasteiger partial charge in [0.1, 0.15) is 17.3 Å². The Labute approximate surface area is 251 Å². The Morgan fingerprint density at radius 2 is 1.77 bits per heavy atom. The number of fused-ring (bicyclic) bond motifs is 4. The number of likely N-dealkylation sites (tertiary alicyclic amines) is 1. The maximum absolute atomic E-state index is 14.3. The molecule has 0 radical (unpaired) electrons. The number of urea groups is 1. The van der Waals surface area contributed by atoms with Crippen LogP contribution in [0, 0.1) is 34.9 Å². The molecule has 6 atom stereocenters. The van der Waals surface area contributed by atoms with Crippen molar-refractivity contribution >= 4 is 46.9 Å². The zero-order chi connectivity index (χ0) is 32.0. The molecule has 2 aromatic rings. The molecular formula is C29H22ClF4N3O7. The van der Waals surface area contributed by atoms with Crippen molar-refractivity contribution < 1.29 is 51.4 Å². The quantitative estimate of drug-likeness (QED) is 0.289. The maximum Gasteiger partial charge on any atom is 0.573 e. The third-order valence-corrected chi connectivity index (χ3v) is 9.49. The number of phenols is 1. The lowest BCUT2D eigenvalue weighted by atomic mass is 9.51. The number of imide groups is 4. The molecule has 2 aliphatic heterocycles. The first-order valence-electron chi connectivity index (χ1n) is 13.4. The van der Waals surface area contributed by atoms with Crippen LogP contribution in [-0.2, 0) is 19.2 Å². The van der Waals surface area contributed by atoms with Crippen molar-refractivity contribution in [2.45, 2.75) is 32.0 Å². The minimum absolute atomic E-state index is 0.0685. The van der Waals surface area contributed by atoms with Gasteiger partial charge in [0.05, 0.1) is 33.9 Å². The molecule has 0 spiro atoms. The molecule has 2 aliphatic carbocycles. The van der Waals surface area contributed by atoms with Gasteiger partial charge in [-0.15, -0.1) is 13.2 Å². The summed E-state index contributed by atoms with van der Waals surface area (Å²) >= 11 is 5.94. The van der Waals surface area contributed by atoms with E-state index in [-0.39, 0.29) is 29.1 Å². The lowest BCUT2D eigenvalue weighted by molar-refractivity contribution is -0.274. The van der Waals surface area contributed by atoms with E-state index in [1.165, 1.54) is 6.92 Å². The molecule has 3 N–H and O–H groups in total. The second-order valence-electron chi connectivity index (χ2n) is 11.4. The number of ether oxygens (including phenoxy) is 1. The van der Waals surface area contributed by atoms with Crippen LogP contribution in [0.1, 0.15) is 31.2 Å². The fourth-order valence-corrected chi connectivity index (χ4v) is 7.58. The number of anilines is 1. The first-order valence-corrected chi connectivity index (χ1v) is 13.7. The average molecular weight is 636 g/mol. The molecule has 2 saturated heterocycles. The van der Waals surface area contributed by atoms with Crippen LogP contribution in [0.5, 0.6) is 11.5 Å². The van der Waals surface area contributed by atoms with Crippen LogP contribution < -0.4 is 15.4 Å². The van der Waals surface area contributed by atoms with Gasteiger partial charge < -0.3 is 15.6 Å². The Kier molecular flexibility index (Phi) is 6.58. The van der Waals surface area contributed by atoms with Crippen LogP contribution in [0.15, 0.2) is 48.0 Å². The molecule has 6 amide bonds. The number of hydrogen-bond acceptors (Lipinski definition) is 7. The van der Waals surface area contributed by atoms with E-state index in [9.17, 15) is 46.6 Å². The Balaban J connectivity index is 1.55. The number of phenolic OH excluding ortho intramolecular Hbond substituents is 1. The van der Waals surface area contributed by atoms with E-state index in [2.05, 4.69) is 4.74 Å². The lowest BCUT2D eigenvalue weighted by Crippen LogP contribution is -2.49. The minimum Gasteiger partial charge on any atom is -0.508 e. The minimum atomic E-state index is -5.10. The standard InChI is InChI=1S/C29H22ClF4N3O7/c1-28-17(24(40)36(26(28)42)11-2-6-19(31)18(30)8-11)10-15-13(4-5-14-21(15)25(41)37(23(14)39)27(35)43)22(28)16-9-12(3-7-20(16)38)44-29(32,33)34/h2-4,6-9,14-15,17,21-22,38H,5,10H2,1H3,(H2,35,43). The van der Waals surface area contributed by atoms with E-state index in [0.29, 0.717) is 10.5 Å². The van der Waals surface area contributed by atoms with Gasteiger partial charge in [-0.05, 0) is 62.1 Å². The van der Waals surface area contributed by atoms with Crippen molar-refractivity contribution in [3.05, 3.63) is 64.5 Å². The fourth-order valence-electron chi connectivity index (χ4n) is 7.41. The van der Waals surface area contributed by atoms with Crippen molar-refractivity contribution in [1.82, 2.24) is 4.90 Å². The fraction of sp³-hybridized carbons (Fsp3) is 0.345. The highest BCUT2D eigenvalue weighted by Gasteiger charge is 2.68. The van der Waals surface area contributed by atoms with Gasteiger partial charge in [0.25, 0.3) is 0 Å². The van der Waals surface area contributed by atoms with E-state index in [1.807, 2.05) is 0 Å². The van der Waals surface area contributed by atoms with Crippen molar-refractivity contribution in [2.24, 2.45) is 34.8 Å². The summed E-state index contributed by atoms with van der Waals surface area (Å²) in [6.07, 6.45) is -3.79. The predicted octanol–water partition coefficient (Wildman–Crippen LogP) is 4.39. The second kappa shape index (κ2) is 9.78. The first-order chi connectivity index (χ1) is 20.6.